The fourth-order valence-electron chi connectivity index (χ4n) is 2.22. The average molecular weight is 439 g/mol. The number of hydrogen-bond donors (Lipinski definition) is 1. The smallest absolute Gasteiger partial charge is 0.265 e. The Morgan fingerprint density at radius 1 is 1.36 bits per heavy atom. The van der Waals surface area contributed by atoms with Crippen molar-refractivity contribution < 1.29 is 4.79 Å². The quantitative estimate of drug-likeness (QED) is 0.458. The molecule has 1 N–H and O–H groups in total. The molecule has 4 rings (SSSR count). The first kappa shape index (κ1) is 14.2. The number of carbonyl (C=O) groups is 1. The van der Waals surface area contributed by atoms with Gasteiger partial charge in [0.2, 0.25) is 0 Å². The second kappa shape index (κ2) is 5.32. The first-order chi connectivity index (χ1) is 10.6. The van der Waals surface area contributed by atoms with E-state index in [4.69, 9.17) is 0 Å². The maximum absolute atomic E-state index is 12.4. The minimum atomic E-state index is -0.0911. The Balaban J connectivity index is 1.66. The fourth-order valence-corrected chi connectivity index (χ4v) is 4.43. The van der Waals surface area contributed by atoms with Crippen LogP contribution >= 0.6 is 45.3 Å². The number of anilines is 1. The molecule has 0 atom stereocenters. The molecule has 110 valence electrons. The first-order valence-corrected chi connectivity index (χ1v) is 9.32. The number of rotatable bonds is 2. The van der Waals surface area contributed by atoms with E-state index >= 15 is 0 Å². The van der Waals surface area contributed by atoms with Crippen molar-refractivity contribution in [3.05, 3.63) is 49.9 Å². The third kappa shape index (κ3) is 2.33. The van der Waals surface area contributed by atoms with E-state index in [1.165, 1.54) is 16.9 Å². The van der Waals surface area contributed by atoms with Crippen LogP contribution in [0, 0.1) is 10.5 Å². The summed E-state index contributed by atoms with van der Waals surface area (Å²) in [4.78, 5) is 19.5. The van der Waals surface area contributed by atoms with Gasteiger partial charge in [0, 0.05) is 20.8 Å². The molecule has 1 aromatic carbocycles. The van der Waals surface area contributed by atoms with Gasteiger partial charge in [0.05, 0.1) is 10.4 Å². The van der Waals surface area contributed by atoms with Crippen LogP contribution in [0.3, 0.4) is 0 Å². The molecule has 0 bridgehead atoms. The van der Waals surface area contributed by atoms with Crippen LogP contribution in [-0.4, -0.2) is 15.3 Å². The van der Waals surface area contributed by atoms with Crippen LogP contribution in [0.25, 0.3) is 15.3 Å². The molecular formula is C15H10IN3OS2. The van der Waals surface area contributed by atoms with Gasteiger partial charge in [0.15, 0.2) is 4.96 Å². The Morgan fingerprint density at radius 2 is 2.23 bits per heavy atom. The number of aromatic nitrogens is 2. The molecule has 0 aliphatic heterocycles. The molecule has 0 unspecified atom stereocenters. The summed E-state index contributed by atoms with van der Waals surface area (Å²) in [7, 11) is 0. The van der Waals surface area contributed by atoms with Crippen molar-refractivity contribution in [3.63, 3.8) is 0 Å². The van der Waals surface area contributed by atoms with Gasteiger partial charge in [-0.05, 0) is 53.3 Å². The maximum atomic E-state index is 12.4. The lowest BCUT2D eigenvalue weighted by Gasteiger charge is -2.05. The third-order valence-electron chi connectivity index (χ3n) is 3.39. The molecule has 0 radical (unpaired) electrons. The van der Waals surface area contributed by atoms with Gasteiger partial charge in [-0.2, -0.15) is 0 Å². The van der Waals surface area contributed by atoms with Crippen molar-refractivity contribution in [3.8, 4) is 0 Å². The minimum absolute atomic E-state index is 0.0911. The number of fused-ring (bicyclic) bond motifs is 3. The second-order valence-electron chi connectivity index (χ2n) is 4.89. The number of amides is 1. The fraction of sp³-hybridized carbons (Fsp3) is 0.0667. The molecule has 3 aromatic heterocycles. The van der Waals surface area contributed by atoms with Gasteiger partial charge in [-0.15, -0.1) is 22.7 Å². The maximum Gasteiger partial charge on any atom is 0.265 e. The van der Waals surface area contributed by atoms with Gasteiger partial charge in [-0.1, -0.05) is 6.07 Å². The van der Waals surface area contributed by atoms with Crippen LogP contribution < -0.4 is 5.32 Å². The van der Waals surface area contributed by atoms with Gasteiger partial charge in [-0.3, -0.25) is 9.20 Å². The Labute approximate surface area is 147 Å². The molecular weight excluding hydrogens is 429 g/mol. The van der Waals surface area contributed by atoms with E-state index in [9.17, 15) is 4.79 Å². The summed E-state index contributed by atoms with van der Waals surface area (Å²) < 4.78 is 3.15. The highest BCUT2D eigenvalue weighted by molar-refractivity contribution is 14.1. The van der Waals surface area contributed by atoms with E-state index in [-0.39, 0.29) is 5.91 Å². The van der Waals surface area contributed by atoms with E-state index in [2.05, 4.69) is 32.9 Å². The zero-order chi connectivity index (χ0) is 15.3. The van der Waals surface area contributed by atoms with Crippen molar-refractivity contribution in [2.45, 2.75) is 6.92 Å². The lowest BCUT2D eigenvalue weighted by atomic mass is 10.2. The standard InChI is InChI=1S/C15H10IN3OS2/c1-8-2-3-9(6-10(8)16)17-13(20)12-7-11-14(22-12)18-15-19(11)4-5-21-15/h2-7H,1H3,(H,17,20). The minimum Gasteiger partial charge on any atom is -0.321 e. The number of thiophene rings is 1. The van der Waals surface area contributed by atoms with Gasteiger partial charge >= 0.3 is 0 Å². The lowest BCUT2D eigenvalue weighted by Crippen LogP contribution is -2.10. The Morgan fingerprint density at radius 3 is 3.05 bits per heavy atom. The topological polar surface area (TPSA) is 46.4 Å². The molecule has 0 spiro atoms. The van der Waals surface area contributed by atoms with Crippen molar-refractivity contribution >= 4 is 72.2 Å². The van der Waals surface area contributed by atoms with Crippen LogP contribution in [0.4, 0.5) is 5.69 Å². The van der Waals surface area contributed by atoms with E-state index in [0.29, 0.717) is 4.88 Å². The molecule has 4 nitrogen and oxygen atoms in total. The molecule has 0 saturated carbocycles. The van der Waals surface area contributed by atoms with Crippen LogP contribution in [0.5, 0.6) is 0 Å². The SMILES string of the molecule is Cc1ccc(NC(=O)c2cc3c(nc4sccn43)s2)cc1I. The van der Waals surface area contributed by atoms with Gasteiger partial charge < -0.3 is 5.32 Å². The highest BCUT2D eigenvalue weighted by Crippen LogP contribution is 2.29. The van der Waals surface area contributed by atoms with Crippen molar-refractivity contribution in [2.24, 2.45) is 0 Å². The highest BCUT2D eigenvalue weighted by Gasteiger charge is 2.15. The number of imidazole rings is 1. The summed E-state index contributed by atoms with van der Waals surface area (Å²) in [5.74, 6) is -0.0911. The van der Waals surface area contributed by atoms with Crippen molar-refractivity contribution in [1.29, 1.82) is 0 Å². The summed E-state index contributed by atoms with van der Waals surface area (Å²) in [5, 5.41) is 4.94. The number of benzene rings is 1. The molecule has 4 aromatic rings. The molecule has 0 aliphatic carbocycles. The largest absolute Gasteiger partial charge is 0.321 e. The Bertz CT molecular complexity index is 1010. The number of halogens is 1. The Kier molecular flexibility index (Phi) is 3.43. The third-order valence-corrected chi connectivity index (χ3v) is 6.33. The molecule has 1 amide bonds. The van der Waals surface area contributed by atoms with E-state index < -0.39 is 0 Å². The number of hydrogen-bond acceptors (Lipinski definition) is 4. The summed E-state index contributed by atoms with van der Waals surface area (Å²) in [6.45, 7) is 2.05. The number of aryl methyl sites for hydroxylation is 1. The van der Waals surface area contributed by atoms with Gasteiger partial charge in [0.1, 0.15) is 4.83 Å². The zero-order valence-electron chi connectivity index (χ0n) is 11.5. The molecule has 0 aliphatic rings. The summed E-state index contributed by atoms with van der Waals surface area (Å²) in [5.41, 5.74) is 3.01. The predicted octanol–water partition coefficient (Wildman–Crippen LogP) is 4.78. The number of carbonyl (C=O) groups excluding carboxylic acids is 1. The lowest BCUT2D eigenvalue weighted by molar-refractivity contribution is 0.103. The molecule has 3 heterocycles. The normalized spacial score (nSPS) is 11.4. The van der Waals surface area contributed by atoms with Gasteiger partial charge in [-0.25, -0.2) is 4.98 Å². The van der Waals surface area contributed by atoms with Gasteiger partial charge in [0.25, 0.3) is 5.91 Å². The summed E-state index contributed by atoms with van der Waals surface area (Å²) >= 11 is 5.29. The summed E-state index contributed by atoms with van der Waals surface area (Å²) in [6.07, 6.45) is 1.98. The van der Waals surface area contributed by atoms with Crippen LogP contribution in [0.1, 0.15) is 15.2 Å². The average Bonchev–Trinajstić information content (AvgIpc) is 3.14. The molecule has 0 fully saturated rings. The molecule has 22 heavy (non-hydrogen) atoms. The number of nitrogens with one attached hydrogen (secondary N) is 1. The predicted molar refractivity (Wildman–Crippen MR) is 100 cm³/mol. The molecule has 0 saturated heterocycles. The van der Waals surface area contributed by atoms with Crippen LogP contribution in [0.15, 0.2) is 35.8 Å². The zero-order valence-corrected chi connectivity index (χ0v) is 15.3. The number of thiazole rings is 1. The van der Waals surface area contributed by atoms with E-state index in [1.54, 1.807) is 11.3 Å². The Hall–Kier alpha value is -1.45. The van der Waals surface area contributed by atoms with E-state index in [1.807, 2.05) is 47.2 Å². The van der Waals surface area contributed by atoms with Crippen molar-refractivity contribution in [2.75, 3.05) is 5.32 Å². The highest BCUT2D eigenvalue weighted by atomic mass is 127. The second-order valence-corrected chi connectivity index (χ2v) is 7.95. The monoisotopic (exact) mass is 439 g/mol. The molecule has 7 heteroatoms. The summed E-state index contributed by atoms with van der Waals surface area (Å²) in [6, 6.07) is 7.81. The van der Waals surface area contributed by atoms with Crippen LogP contribution in [-0.2, 0) is 0 Å². The first-order valence-electron chi connectivity index (χ1n) is 6.54. The number of nitrogens with zero attached hydrogens (tertiary/aromatic N) is 2. The van der Waals surface area contributed by atoms with Crippen LogP contribution in [0.2, 0.25) is 0 Å². The van der Waals surface area contributed by atoms with Crippen molar-refractivity contribution in [1.82, 2.24) is 9.38 Å². The van der Waals surface area contributed by atoms with E-state index in [0.717, 1.165) is 24.6 Å².